The molecule has 1 aromatic rings. The maximum Gasteiger partial charge on any atom is 0.315 e. The smallest absolute Gasteiger partial charge is 0.315 e. The van der Waals surface area contributed by atoms with Gasteiger partial charge in [-0.15, -0.1) is 0 Å². The van der Waals surface area contributed by atoms with E-state index in [4.69, 9.17) is 5.73 Å². The molecule has 1 saturated heterocycles. The summed E-state index contributed by atoms with van der Waals surface area (Å²) in [6.07, 6.45) is 7.71. The van der Waals surface area contributed by atoms with Gasteiger partial charge in [-0.2, -0.15) is 0 Å². The van der Waals surface area contributed by atoms with E-state index in [9.17, 15) is 29.1 Å². The van der Waals surface area contributed by atoms with Crippen molar-refractivity contribution in [3.8, 4) is 5.75 Å². The molecule has 11 heteroatoms. The fourth-order valence-corrected chi connectivity index (χ4v) is 6.25. The van der Waals surface area contributed by atoms with Gasteiger partial charge in [-0.3, -0.25) is 19.2 Å². The van der Waals surface area contributed by atoms with Crippen molar-refractivity contribution in [1.29, 1.82) is 0 Å². The van der Waals surface area contributed by atoms with Gasteiger partial charge in [-0.1, -0.05) is 86.3 Å². The highest BCUT2D eigenvalue weighted by Crippen LogP contribution is 2.32. The van der Waals surface area contributed by atoms with Gasteiger partial charge in [-0.25, -0.2) is 4.79 Å². The molecule has 1 saturated carbocycles. The van der Waals surface area contributed by atoms with Gasteiger partial charge in [0.2, 0.25) is 17.6 Å². The molecule has 46 heavy (non-hydrogen) atoms. The van der Waals surface area contributed by atoms with Gasteiger partial charge in [0.25, 0.3) is 5.91 Å². The van der Waals surface area contributed by atoms with E-state index in [1.54, 1.807) is 12.1 Å². The first kappa shape index (κ1) is 38.6. The van der Waals surface area contributed by atoms with E-state index >= 15 is 0 Å². The van der Waals surface area contributed by atoms with Crippen LogP contribution in [0.15, 0.2) is 24.3 Å². The van der Waals surface area contributed by atoms with Crippen molar-refractivity contribution in [3.05, 3.63) is 29.8 Å². The Morgan fingerprint density at radius 1 is 0.978 bits per heavy atom. The Morgan fingerprint density at radius 3 is 2.09 bits per heavy atom. The van der Waals surface area contributed by atoms with Gasteiger partial charge in [0.15, 0.2) is 0 Å². The quantitative estimate of drug-likeness (QED) is 0.225. The van der Waals surface area contributed by atoms with Crippen LogP contribution in [0.3, 0.4) is 0 Å². The number of likely N-dealkylation sites (tertiary alicyclic amines) is 1. The van der Waals surface area contributed by atoms with Crippen molar-refractivity contribution in [2.45, 2.75) is 136 Å². The summed E-state index contributed by atoms with van der Waals surface area (Å²) in [6, 6.07) is 3.71. The molecule has 2 fully saturated rings. The number of Topliss-reactive ketones (excluding diaryl/α,β-unsaturated/α-hetero) is 1. The molecule has 0 radical (unpaired) electrons. The SMILES string of the molecule is CC(C)CC(NC(=O)C1CCCN1C(=O)C(NC(=O)NC1(Cc2ccc(O)cc2)CCCCC1)C(C)(C)C)C(=O)C(N)=O.CCC. The number of urea groups is 1. The van der Waals surface area contributed by atoms with Gasteiger partial charge in [0.05, 0.1) is 6.04 Å². The molecule has 1 heterocycles. The summed E-state index contributed by atoms with van der Waals surface area (Å²) in [5, 5.41) is 18.5. The number of nitrogens with one attached hydrogen (secondary N) is 3. The van der Waals surface area contributed by atoms with E-state index in [1.165, 1.54) is 11.3 Å². The second kappa shape index (κ2) is 17.3. The first-order valence-electron chi connectivity index (χ1n) is 16.8. The molecule has 5 amide bonds. The third kappa shape index (κ3) is 11.3. The Hall–Kier alpha value is -3.63. The predicted molar refractivity (Wildman–Crippen MR) is 179 cm³/mol. The van der Waals surface area contributed by atoms with Crippen LogP contribution in [-0.4, -0.2) is 69.8 Å². The first-order valence-corrected chi connectivity index (χ1v) is 16.8. The number of phenols is 1. The van der Waals surface area contributed by atoms with E-state index in [-0.39, 0.29) is 24.0 Å². The number of hydrogen-bond donors (Lipinski definition) is 5. The molecular weight excluding hydrogens is 586 g/mol. The van der Waals surface area contributed by atoms with Crippen LogP contribution in [0.25, 0.3) is 0 Å². The second-order valence-electron chi connectivity index (χ2n) is 14.4. The minimum absolute atomic E-state index is 0.0180. The van der Waals surface area contributed by atoms with Crippen LogP contribution in [0.2, 0.25) is 0 Å². The number of carbonyl (C=O) groups excluding carboxylic acids is 5. The van der Waals surface area contributed by atoms with Crippen molar-refractivity contribution >= 4 is 29.5 Å². The number of aromatic hydroxyl groups is 1. The molecule has 0 spiro atoms. The molecule has 3 unspecified atom stereocenters. The van der Waals surface area contributed by atoms with E-state index in [1.807, 2.05) is 46.8 Å². The minimum atomic E-state index is -1.12. The van der Waals surface area contributed by atoms with Gasteiger partial charge >= 0.3 is 6.03 Å². The standard InChI is InChI=1S/C32H49N5O6.C3H8/c1-20(2)18-23(25(39)27(33)40)34-28(41)24-10-9-17-37(24)29(42)26(31(3,4)5)35-30(43)36-32(15-7-6-8-16-32)19-21-11-13-22(38)14-12-21;1-3-2/h11-14,20,23-24,26,38H,6-10,15-19H2,1-5H3,(H2,33,40)(H,34,41)(H2,35,36,43);3H2,1-2H3. The topological polar surface area (TPSA) is 171 Å². The molecule has 0 bridgehead atoms. The molecule has 2 aliphatic rings. The summed E-state index contributed by atoms with van der Waals surface area (Å²) in [7, 11) is 0. The van der Waals surface area contributed by atoms with Crippen LogP contribution >= 0.6 is 0 Å². The average Bonchev–Trinajstić information content (AvgIpc) is 3.46. The van der Waals surface area contributed by atoms with Crippen LogP contribution in [0.1, 0.15) is 112 Å². The molecule has 6 N–H and O–H groups in total. The maximum absolute atomic E-state index is 14.0. The van der Waals surface area contributed by atoms with Crippen LogP contribution in [0.5, 0.6) is 5.75 Å². The summed E-state index contributed by atoms with van der Waals surface area (Å²) in [5.74, 6) is -2.68. The van der Waals surface area contributed by atoms with E-state index in [0.717, 1.165) is 37.7 Å². The lowest BCUT2D eigenvalue weighted by Gasteiger charge is -2.40. The number of benzene rings is 1. The average molecular weight is 644 g/mol. The van der Waals surface area contributed by atoms with Crippen molar-refractivity contribution in [2.75, 3.05) is 6.54 Å². The van der Waals surface area contributed by atoms with Crippen molar-refractivity contribution < 1.29 is 29.1 Å². The van der Waals surface area contributed by atoms with Gasteiger partial charge in [-0.05, 0) is 67.6 Å². The highest BCUT2D eigenvalue weighted by atomic mass is 16.3. The lowest BCUT2D eigenvalue weighted by molar-refractivity contribution is -0.143. The number of phenolic OH excluding ortho intramolecular Hbond substituents is 1. The second-order valence-corrected chi connectivity index (χ2v) is 14.4. The minimum Gasteiger partial charge on any atom is -0.508 e. The van der Waals surface area contributed by atoms with E-state index < -0.39 is 52.7 Å². The van der Waals surface area contributed by atoms with Gasteiger partial charge in [0, 0.05) is 12.1 Å². The summed E-state index contributed by atoms with van der Waals surface area (Å²) in [5.41, 5.74) is 5.06. The highest BCUT2D eigenvalue weighted by molar-refractivity contribution is 6.37. The summed E-state index contributed by atoms with van der Waals surface area (Å²) in [4.78, 5) is 66.3. The number of primary amides is 1. The van der Waals surface area contributed by atoms with Gasteiger partial charge in [0.1, 0.15) is 17.8 Å². The molecule has 1 aliphatic heterocycles. The Morgan fingerprint density at radius 2 is 1.57 bits per heavy atom. The number of rotatable bonds is 11. The monoisotopic (exact) mass is 643 g/mol. The summed E-state index contributed by atoms with van der Waals surface area (Å²) in [6.45, 7) is 13.9. The van der Waals surface area contributed by atoms with E-state index in [0.29, 0.717) is 25.8 Å². The third-order valence-electron chi connectivity index (χ3n) is 8.48. The molecule has 1 aromatic carbocycles. The highest BCUT2D eigenvalue weighted by Gasteiger charge is 2.43. The summed E-state index contributed by atoms with van der Waals surface area (Å²) >= 11 is 0. The van der Waals surface area contributed by atoms with Crippen LogP contribution in [0.4, 0.5) is 4.79 Å². The number of amides is 5. The number of nitrogens with two attached hydrogens (primary N) is 1. The number of hydrogen-bond acceptors (Lipinski definition) is 6. The number of nitrogens with zero attached hydrogens (tertiary/aromatic N) is 1. The first-order chi connectivity index (χ1) is 21.5. The zero-order valence-electron chi connectivity index (χ0n) is 28.9. The predicted octanol–water partition coefficient (Wildman–Crippen LogP) is 4.34. The number of ketones is 1. The zero-order valence-corrected chi connectivity index (χ0v) is 28.9. The third-order valence-corrected chi connectivity index (χ3v) is 8.48. The summed E-state index contributed by atoms with van der Waals surface area (Å²) < 4.78 is 0. The maximum atomic E-state index is 14.0. The molecule has 3 rings (SSSR count). The van der Waals surface area contributed by atoms with Crippen LogP contribution < -0.4 is 21.7 Å². The lowest BCUT2D eigenvalue weighted by atomic mass is 9.77. The molecular formula is C35H57N5O6. The van der Waals surface area contributed by atoms with Crippen LogP contribution in [-0.2, 0) is 25.6 Å². The lowest BCUT2D eigenvalue weighted by Crippen LogP contribution is -2.62. The van der Waals surface area contributed by atoms with Crippen molar-refractivity contribution in [3.63, 3.8) is 0 Å². The number of carbonyl (C=O) groups is 5. The largest absolute Gasteiger partial charge is 0.508 e. The van der Waals surface area contributed by atoms with Gasteiger partial charge < -0.3 is 31.7 Å². The molecule has 11 nitrogen and oxygen atoms in total. The Bertz CT molecular complexity index is 1190. The normalized spacial score (nSPS) is 18.9. The molecule has 1 aliphatic carbocycles. The van der Waals surface area contributed by atoms with Crippen LogP contribution in [0, 0.1) is 11.3 Å². The Labute approximate surface area is 274 Å². The van der Waals surface area contributed by atoms with Crippen molar-refractivity contribution in [1.82, 2.24) is 20.9 Å². The Kier molecular flexibility index (Phi) is 14.5. The molecule has 258 valence electrons. The van der Waals surface area contributed by atoms with Crippen molar-refractivity contribution in [2.24, 2.45) is 17.1 Å². The fraction of sp³-hybridized carbons (Fsp3) is 0.686. The Balaban J connectivity index is 0.00000236. The van der Waals surface area contributed by atoms with E-state index in [2.05, 4.69) is 29.8 Å². The zero-order chi connectivity index (χ0) is 34.7. The molecule has 3 atom stereocenters. The fourth-order valence-electron chi connectivity index (χ4n) is 6.25. The molecule has 0 aromatic heterocycles.